The molecule has 0 saturated carbocycles. The summed E-state index contributed by atoms with van der Waals surface area (Å²) in [6.07, 6.45) is 0. The molecule has 6 heteroatoms. The highest BCUT2D eigenvalue weighted by Crippen LogP contribution is 2.32. The standard InChI is InChI=1S/C21H25N3O3/c1-15-9-16(2)11-18(10-15)23-5-7-24(8-6-23)21(25)22-13-17-3-4-19-20(12-17)27-14-26-19/h3-4,9-12H,5-8,13-14H2,1-2H3,(H,22,25). The van der Waals surface area contributed by atoms with E-state index in [2.05, 4.69) is 42.3 Å². The smallest absolute Gasteiger partial charge is 0.317 e. The van der Waals surface area contributed by atoms with Crippen LogP contribution in [-0.4, -0.2) is 43.9 Å². The predicted molar refractivity (Wildman–Crippen MR) is 105 cm³/mol. The van der Waals surface area contributed by atoms with Crippen molar-refractivity contribution in [2.24, 2.45) is 0 Å². The SMILES string of the molecule is Cc1cc(C)cc(N2CCN(C(=O)NCc3ccc4c(c3)OCO4)CC2)c1. The summed E-state index contributed by atoms with van der Waals surface area (Å²) >= 11 is 0. The maximum absolute atomic E-state index is 12.5. The second kappa shape index (κ2) is 7.39. The number of anilines is 1. The van der Waals surface area contributed by atoms with E-state index in [0.29, 0.717) is 6.54 Å². The highest BCUT2D eigenvalue weighted by Gasteiger charge is 2.21. The number of urea groups is 1. The van der Waals surface area contributed by atoms with Gasteiger partial charge in [0.05, 0.1) is 0 Å². The summed E-state index contributed by atoms with van der Waals surface area (Å²) < 4.78 is 10.7. The number of benzene rings is 2. The van der Waals surface area contributed by atoms with E-state index in [4.69, 9.17) is 9.47 Å². The Balaban J connectivity index is 1.29. The largest absolute Gasteiger partial charge is 0.454 e. The van der Waals surface area contributed by atoms with Crippen LogP contribution < -0.4 is 19.7 Å². The van der Waals surface area contributed by atoms with Gasteiger partial charge < -0.3 is 24.6 Å². The molecule has 0 spiro atoms. The van der Waals surface area contributed by atoms with Gasteiger partial charge in [0.15, 0.2) is 11.5 Å². The summed E-state index contributed by atoms with van der Waals surface area (Å²) in [7, 11) is 0. The van der Waals surface area contributed by atoms with Crippen LogP contribution in [0.2, 0.25) is 0 Å². The summed E-state index contributed by atoms with van der Waals surface area (Å²) in [6.45, 7) is 8.12. The molecule has 2 aromatic carbocycles. The Morgan fingerprint density at radius 1 is 0.963 bits per heavy atom. The van der Waals surface area contributed by atoms with Crippen molar-refractivity contribution in [3.8, 4) is 11.5 Å². The van der Waals surface area contributed by atoms with Crippen molar-refractivity contribution in [2.45, 2.75) is 20.4 Å². The molecule has 2 aliphatic rings. The Hall–Kier alpha value is -2.89. The number of carbonyl (C=O) groups is 1. The molecular weight excluding hydrogens is 342 g/mol. The van der Waals surface area contributed by atoms with Crippen LogP contribution in [0.5, 0.6) is 11.5 Å². The number of hydrogen-bond donors (Lipinski definition) is 1. The summed E-state index contributed by atoms with van der Waals surface area (Å²) in [4.78, 5) is 16.7. The first-order valence-electron chi connectivity index (χ1n) is 9.33. The number of ether oxygens (including phenoxy) is 2. The molecule has 2 aromatic rings. The van der Waals surface area contributed by atoms with Crippen LogP contribution in [0.4, 0.5) is 10.5 Å². The van der Waals surface area contributed by atoms with Gasteiger partial charge in [0.2, 0.25) is 6.79 Å². The van der Waals surface area contributed by atoms with Gasteiger partial charge in [-0.15, -0.1) is 0 Å². The summed E-state index contributed by atoms with van der Waals surface area (Å²) in [5, 5.41) is 3.00. The van der Waals surface area contributed by atoms with Crippen LogP contribution in [0.15, 0.2) is 36.4 Å². The molecule has 2 heterocycles. The van der Waals surface area contributed by atoms with Crippen molar-refractivity contribution < 1.29 is 14.3 Å². The normalized spacial score (nSPS) is 15.8. The number of carbonyl (C=O) groups excluding carboxylic acids is 1. The zero-order valence-corrected chi connectivity index (χ0v) is 15.8. The molecule has 1 saturated heterocycles. The highest BCUT2D eigenvalue weighted by molar-refractivity contribution is 5.74. The van der Waals surface area contributed by atoms with E-state index < -0.39 is 0 Å². The van der Waals surface area contributed by atoms with Crippen molar-refractivity contribution >= 4 is 11.7 Å². The van der Waals surface area contributed by atoms with E-state index in [0.717, 1.165) is 43.2 Å². The molecule has 2 amide bonds. The van der Waals surface area contributed by atoms with Gasteiger partial charge in [0, 0.05) is 38.4 Å². The highest BCUT2D eigenvalue weighted by atomic mass is 16.7. The van der Waals surface area contributed by atoms with Gasteiger partial charge in [-0.25, -0.2) is 4.79 Å². The average molecular weight is 367 g/mol. The zero-order chi connectivity index (χ0) is 18.8. The lowest BCUT2D eigenvalue weighted by Gasteiger charge is -2.36. The Kier molecular flexibility index (Phi) is 4.79. The Morgan fingerprint density at radius 3 is 2.41 bits per heavy atom. The molecule has 27 heavy (non-hydrogen) atoms. The van der Waals surface area contributed by atoms with E-state index in [-0.39, 0.29) is 12.8 Å². The number of amides is 2. The minimum Gasteiger partial charge on any atom is -0.454 e. The topological polar surface area (TPSA) is 54.0 Å². The maximum atomic E-state index is 12.5. The van der Waals surface area contributed by atoms with Crippen LogP contribution in [0, 0.1) is 13.8 Å². The monoisotopic (exact) mass is 367 g/mol. The molecule has 2 aliphatic heterocycles. The second-order valence-corrected chi connectivity index (χ2v) is 7.17. The van der Waals surface area contributed by atoms with E-state index in [9.17, 15) is 4.79 Å². The molecule has 4 rings (SSSR count). The summed E-state index contributed by atoms with van der Waals surface area (Å²) in [5.41, 5.74) is 4.79. The lowest BCUT2D eigenvalue weighted by atomic mass is 10.1. The predicted octanol–water partition coefficient (Wildman–Crippen LogP) is 3.06. The number of piperazine rings is 1. The first-order chi connectivity index (χ1) is 13.1. The number of aryl methyl sites for hydroxylation is 2. The van der Waals surface area contributed by atoms with Crippen LogP contribution in [0.25, 0.3) is 0 Å². The van der Waals surface area contributed by atoms with Gasteiger partial charge in [-0.05, 0) is 54.8 Å². The van der Waals surface area contributed by atoms with Crippen LogP contribution in [-0.2, 0) is 6.54 Å². The molecule has 6 nitrogen and oxygen atoms in total. The third kappa shape index (κ3) is 3.94. The number of hydrogen-bond acceptors (Lipinski definition) is 4. The summed E-state index contributed by atoms with van der Waals surface area (Å²) in [6, 6.07) is 12.3. The van der Waals surface area contributed by atoms with Gasteiger partial charge in [0.1, 0.15) is 0 Å². The molecule has 0 bridgehead atoms. The molecule has 0 radical (unpaired) electrons. The lowest BCUT2D eigenvalue weighted by molar-refractivity contribution is 0.174. The van der Waals surface area contributed by atoms with Crippen molar-refractivity contribution in [3.63, 3.8) is 0 Å². The first-order valence-corrected chi connectivity index (χ1v) is 9.33. The van der Waals surface area contributed by atoms with Crippen molar-refractivity contribution in [3.05, 3.63) is 53.1 Å². The fourth-order valence-corrected chi connectivity index (χ4v) is 3.64. The lowest BCUT2D eigenvalue weighted by Crippen LogP contribution is -2.51. The first kappa shape index (κ1) is 17.5. The minimum atomic E-state index is -0.0206. The Morgan fingerprint density at radius 2 is 1.67 bits per heavy atom. The molecule has 1 fully saturated rings. The fraction of sp³-hybridized carbons (Fsp3) is 0.381. The Labute approximate surface area is 159 Å². The quantitative estimate of drug-likeness (QED) is 0.906. The summed E-state index contributed by atoms with van der Waals surface area (Å²) in [5.74, 6) is 1.50. The van der Waals surface area contributed by atoms with Gasteiger partial charge >= 0.3 is 6.03 Å². The zero-order valence-electron chi connectivity index (χ0n) is 15.8. The Bertz CT molecular complexity index is 824. The van der Waals surface area contributed by atoms with E-state index in [1.165, 1.54) is 16.8 Å². The third-order valence-electron chi connectivity index (χ3n) is 5.02. The minimum absolute atomic E-state index is 0.0206. The number of rotatable bonds is 3. The van der Waals surface area contributed by atoms with Crippen molar-refractivity contribution in [1.82, 2.24) is 10.2 Å². The molecule has 0 unspecified atom stereocenters. The van der Waals surface area contributed by atoms with Crippen LogP contribution in [0.1, 0.15) is 16.7 Å². The van der Waals surface area contributed by atoms with Gasteiger partial charge in [-0.3, -0.25) is 0 Å². The van der Waals surface area contributed by atoms with E-state index in [1.54, 1.807) is 0 Å². The third-order valence-corrected chi connectivity index (χ3v) is 5.02. The molecular formula is C21H25N3O3. The molecule has 142 valence electrons. The van der Waals surface area contributed by atoms with Gasteiger partial charge in [-0.2, -0.15) is 0 Å². The fourth-order valence-electron chi connectivity index (χ4n) is 3.64. The number of nitrogens with one attached hydrogen (secondary N) is 1. The maximum Gasteiger partial charge on any atom is 0.317 e. The van der Waals surface area contributed by atoms with Gasteiger partial charge in [0.25, 0.3) is 0 Å². The van der Waals surface area contributed by atoms with Crippen LogP contribution in [0.3, 0.4) is 0 Å². The van der Waals surface area contributed by atoms with E-state index in [1.807, 2.05) is 23.1 Å². The average Bonchev–Trinajstić information content (AvgIpc) is 3.13. The van der Waals surface area contributed by atoms with Crippen LogP contribution >= 0.6 is 0 Å². The molecule has 0 aliphatic carbocycles. The second-order valence-electron chi connectivity index (χ2n) is 7.17. The van der Waals surface area contributed by atoms with E-state index >= 15 is 0 Å². The number of fused-ring (bicyclic) bond motifs is 1. The number of nitrogens with zero attached hydrogens (tertiary/aromatic N) is 2. The van der Waals surface area contributed by atoms with Crippen molar-refractivity contribution in [1.29, 1.82) is 0 Å². The van der Waals surface area contributed by atoms with Crippen molar-refractivity contribution in [2.75, 3.05) is 37.9 Å². The van der Waals surface area contributed by atoms with Gasteiger partial charge in [-0.1, -0.05) is 12.1 Å². The molecule has 0 atom stereocenters. The molecule has 0 aromatic heterocycles. The molecule has 1 N–H and O–H groups in total.